The van der Waals surface area contributed by atoms with E-state index in [9.17, 15) is 9.18 Å². The average Bonchev–Trinajstić information content (AvgIpc) is 2.12. The standard InChI is InChI=1S/C10H12FNOS/c11-9-3-1-2-8(6-9)7-14-5-4-10(12)13/h1-3,6H,4-5,7H2,(H2,12,13). The van der Waals surface area contributed by atoms with Crippen LogP contribution in [-0.2, 0) is 10.5 Å². The van der Waals surface area contributed by atoms with E-state index in [-0.39, 0.29) is 11.7 Å². The molecule has 0 spiro atoms. The van der Waals surface area contributed by atoms with Gasteiger partial charge in [0, 0.05) is 17.9 Å². The lowest BCUT2D eigenvalue weighted by atomic mass is 10.2. The van der Waals surface area contributed by atoms with E-state index >= 15 is 0 Å². The topological polar surface area (TPSA) is 43.1 Å². The van der Waals surface area contributed by atoms with Gasteiger partial charge in [-0.25, -0.2) is 4.39 Å². The SMILES string of the molecule is NC(=O)CCSCc1cccc(F)c1. The van der Waals surface area contributed by atoms with Crippen LogP contribution in [0.25, 0.3) is 0 Å². The summed E-state index contributed by atoms with van der Waals surface area (Å²) in [5, 5.41) is 0. The van der Waals surface area contributed by atoms with Gasteiger partial charge in [0.15, 0.2) is 0 Å². The number of halogens is 1. The fraction of sp³-hybridized carbons (Fsp3) is 0.300. The van der Waals surface area contributed by atoms with Gasteiger partial charge in [0.1, 0.15) is 5.82 Å². The third-order valence-electron chi connectivity index (χ3n) is 1.65. The highest BCUT2D eigenvalue weighted by atomic mass is 32.2. The number of carbonyl (C=O) groups excluding carboxylic acids is 1. The zero-order valence-corrected chi connectivity index (χ0v) is 8.52. The molecule has 1 rings (SSSR count). The molecule has 4 heteroatoms. The Morgan fingerprint density at radius 1 is 1.50 bits per heavy atom. The first kappa shape index (κ1) is 11.0. The minimum absolute atomic E-state index is 0.224. The van der Waals surface area contributed by atoms with Gasteiger partial charge in [-0.3, -0.25) is 4.79 Å². The van der Waals surface area contributed by atoms with Crippen LogP contribution in [0.3, 0.4) is 0 Å². The van der Waals surface area contributed by atoms with Crippen molar-refractivity contribution in [1.29, 1.82) is 0 Å². The number of carbonyl (C=O) groups is 1. The van der Waals surface area contributed by atoms with Crippen LogP contribution in [0.1, 0.15) is 12.0 Å². The highest BCUT2D eigenvalue weighted by molar-refractivity contribution is 7.98. The lowest BCUT2D eigenvalue weighted by molar-refractivity contribution is -0.117. The largest absolute Gasteiger partial charge is 0.370 e. The fourth-order valence-electron chi connectivity index (χ4n) is 0.990. The molecule has 14 heavy (non-hydrogen) atoms. The summed E-state index contributed by atoms with van der Waals surface area (Å²) in [5.74, 6) is 0.881. The Morgan fingerprint density at radius 3 is 2.93 bits per heavy atom. The van der Waals surface area contributed by atoms with Crippen LogP contribution < -0.4 is 5.73 Å². The molecule has 0 radical (unpaired) electrons. The van der Waals surface area contributed by atoms with Gasteiger partial charge >= 0.3 is 0 Å². The molecule has 76 valence electrons. The van der Waals surface area contributed by atoms with Crippen molar-refractivity contribution in [1.82, 2.24) is 0 Å². The second kappa shape index (κ2) is 5.65. The van der Waals surface area contributed by atoms with E-state index in [1.165, 1.54) is 12.1 Å². The van der Waals surface area contributed by atoms with Crippen LogP contribution in [0.4, 0.5) is 4.39 Å². The number of thioether (sulfide) groups is 1. The molecule has 1 aromatic rings. The van der Waals surface area contributed by atoms with E-state index in [0.717, 1.165) is 5.56 Å². The van der Waals surface area contributed by atoms with Gasteiger partial charge in [-0.2, -0.15) is 11.8 Å². The Kier molecular flexibility index (Phi) is 4.46. The number of primary amides is 1. The average molecular weight is 213 g/mol. The molecule has 0 aromatic heterocycles. The van der Waals surface area contributed by atoms with Gasteiger partial charge in [0.2, 0.25) is 5.91 Å². The van der Waals surface area contributed by atoms with Gasteiger partial charge in [-0.05, 0) is 17.7 Å². The van der Waals surface area contributed by atoms with Crippen molar-refractivity contribution in [2.45, 2.75) is 12.2 Å². The minimum Gasteiger partial charge on any atom is -0.370 e. The molecule has 0 heterocycles. The van der Waals surface area contributed by atoms with E-state index in [2.05, 4.69) is 0 Å². The second-order valence-corrected chi connectivity index (χ2v) is 4.00. The van der Waals surface area contributed by atoms with Crippen molar-refractivity contribution >= 4 is 17.7 Å². The number of nitrogens with two attached hydrogens (primary N) is 1. The number of hydrogen-bond donors (Lipinski definition) is 1. The Balaban J connectivity index is 2.28. The summed E-state index contributed by atoms with van der Waals surface area (Å²) in [5.41, 5.74) is 5.91. The molecule has 0 fully saturated rings. The fourth-order valence-corrected chi connectivity index (χ4v) is 1.89. The molecule has 2 N–H and O–H groups in total. The molecule has 0 aliphatic heterocycles. The van der Waals surface area contributed by atoms with Crippen molar-refractivity contribution in [2.24, 2.45) is 5.73 Å². The summed E-state index contributed by atoms with van der Waals surface area (Å²) in [6.07, 6.45) is 0.375. The van der Waals surface area contributed by atoms with Gasteiger partial charge in [-0.1, -0.05) is 12.1 Å². The lowest BCUT2D eigenvalue weighted by Crippen LogP contribution is -2.10. The highest BCUT2D eigenvalue weighted by Crippen LogP contribution is 2.13. The van der Waals surface area contributed by atoms with Crippen LogP contribution in [-0.4, -0.2) is 11.7 Å². The second-order valence-electron chi connectivity index (χ2n) is 2.90. The number of benzene rings is 1. The predicted molar refractivity (Wildman–Crippen MR) is 56.4 cm³/mol. The maximum Gasteiger partial charge on any atom is 0.218 e. The van der Waals surface area contributed by atoms with Gasteiger partial charge in [0.05, 0.1) is 0 Å². The van der Waals surface area contributed by atoms with E-state index in [1.54, 1.807) is 17.8 Å². The third-order valence-corrected chi connectivity index (χ3v) is 2.68. The van der Waals surface area contributed by atoms with E-state index in [0.29, 0.717) is 17.9 Å². The first-order valence-corrected chi connectivity index (χ1v) is 5.44. The van der Waals surface area contributed by atoms with Crippen LogP contribution in [0, 0.1) is 5.82 Å². The summed E-state index contributed by atoms with van der Waals surface area (Å²) in [6, 6.07) is 6.45. The van der Waals surface area contributed by atoms with Crippen LogP contribution in [0.2, 0.25) is 0 Å². The molecule has 0 aliphatic carbocycles. The van der Waals surface area contributed by atoms with Crippen molar-refractivity contribution < 1.29 is 9.18 Å². The summed E-state index contributed by atoms with van der Waals surface area (Å²) in [7, 11) is 0. The highest BCUT2D eigenvalue weighted by Gasteiger charge is 1.97. The van der Waals surface area contributed by atoms with E-state index < -0.39 is 0 Å². The van der Waals surface area contributed by atoms with Gasteiger partial charge < -0.3 is 5.73 Å². The molecule has 0 saturated heterocycles. The molecular weight excluding hydrogens is 201 g/mol. The summed E-state index contributed by atoms with van der Waals surface area (Å²) >= 11 is 1.58. The first-order chi connectivity index (χ1) is 6.68. The van der Waals surface area contributed by atoms with Crippen molar-refractivity contribution in [3.8, 4) is 0 Å². The molecule has 0 aliphatic rings. The van der Waals surface area contributed by atoms with Crippen molar-refractivity contribution in [2.75, 3.05) is 5.75 Å². The van der Waals surface area contributed by atoms with Gasteiger partial charge in [-0.15, -0.1) is 0 Å². The zero-order chi connectivity index (χ0) is 10.4. The van der Waals surface area contributed by atoms with Crippen LogP contribution >= 0.6 is 11.8 Å². The molecule has 1 aromatic carbocycles. The summed E-state index contributed by atoms with van der Waals surface area (Å²) < 4.78 is 12.7. The molecule has 0 saturated carbocycles. The molecule has 0 atom stereocenters. The summed E-state index contributed by atoms with van der Waals surface area (Å²) in [4.78, 5) is 10.4. The lowest BCUT2D eigenvalue weighted by Gasteiger charge is -2.00. The van der Waals surface area contributed by atoms with E-state index in [1.807, 2.05) is 6.07 Å². The van der Waals surface area contributed by atoms with Gasteiger partial charge in [0.25, 0.3) is 0 Å². The number of amides is 1. The van der Waals surface area contributed by atoms with Crippen molar-refractivity contribution in [3.05, 3.63) is 35.6 Å². The molecule has 2 nitrogen and oxygen atoms in total. The van der Waals surface area contributed by atoms with Crippen LogP contribution in [0.15, 0.2) is 24.3 Å². The summed E-state index contributed by atoms with van der Waals surface area (Å²) in [6.45, 7) is 0. The maximum atomic E-state index is 12.7. The van der Waals surface area contributed by atoms with Crippen molar-refractivity contribution in [3.63, 3.8) is 0 Å². The quantitative estimate of drug-likeness (QED) is 0.759. The Labute approximate surface area is 86.7 Å². The zero-order valence-electron chi connectivity index (χ0n) is 7.70. The van der Waals surface area contributed by atoms with Crippen LogP contribution in [0.5, 0.6) is 0 Å². The molecular formula is C10H12FNOS. The Morgan fingerprint density at radius 2 is 2.29 bits per heavy atom. The van der Waals surface area contributed by atoms with E-state index in [4.69, 9.17) is 5.73 Å². The minimum atomic E-state index is -0.295. The normalized spacial score (nSPS) is 10.1. The molecule has 0 bridgehead atoms. The maximum absolute atomic E-state index is 12.7. The Bertz CT molecular complexity index is 317. The predicted octanol–water partition coefficient (Wildman–Crippen LogP) is 1.93. The molecule has 1 amide bonds. The Hall–Kier alpha value is -1.03. The first-order valence-electron chi connectivity index (χ1n) is 4.29. The third kappa shape index (κ3) is 4.28. The number of hydrogen-bond acceptors (Lipinski definition) is 2. The smallest absolute Gasteiger partial charge is 0.218 e. The monoisotopic (exact) mass is 213 g/mol. The number of rotatable bonds is 5. The molecule has 0 unspecified atom stereocenters.